The number of furan rings is 1. The number of carbonyl (C=O) groups excluding carboxylic acids is 2. The Bertz CT molecular complexity index is 919. The highest BCUT2D eigenvalue weighted by Gasteiger charge is 2.16. The van der Waals surface area contributed by atoms with E-state index in [0.29, 0.717) is 22.8 Å². The molecule has 0 aliphatic carbocycles. The SMILES string of the molecule is Cc1cc(NC(=O)c2ccco2)sc1C(=O)NCCc1cccc(F)c1. The van der Waals surface area contributed by atoms with E-state index < -0.39 is 0 Å². The summed E-state index contributed by atoms with van der Waals surface area (Å²) in [6.07, 6.45) is 1.96. The van der Waals surface area contributed by atoms with Crippen molar-refractivity contribution in [3.8, 4) is 0 Å². The summed E-state index contributed by atoms with van der Waals surface area (Å²) in [5, 5.41) is 6.10. The maximum Gasteiger partial charge on any atom is 0.291 e. The third-order valence-corrected chi connectivity index (χ3v) is 4.85. The first-order valence-electron chi connectivity index (χ1n) is 8.01. The number of amides is 2. The predicted molar refractivity (Wildman–Crippen MR) is 98.2 cm³/mol. The van der Waals surface area contributed by atoms with Crippen LogP contribution in [0.15, 0.2) is 53.1 Å². The maximum atomic E-state index is 13.2. The summed E-state index contributed by atoms with van der Waals surface area (Å²) in [6, 6.07) is 11.2. The molecular weight excluding hydrogens is 355 g/mol. The van der Waals surface area contributed by atoms with E-state index in [9.17, 15) is 14.0 Å². The van der Waals surface area contributed by atoms with Gasteiger partial charge < -0.3 is 15.1 Å². The van der Waals surface area contributed by atoms with Crippen LogP contribution in [0.3, 0.4) is 0 Å². The Balaban J connectivity index is 1.57. The topological polar surface area (TPSA) is 71.3 Å². The number of halogens is 1. The van der Waals surface area contributed by atoms with Gasteiger partial charge in [0.25, 0.3) is 11.8 Å². The van der Waals surface area contributed by atoms with Crippen molar-refractivity contribution in [2.45, 2.75) is 13.3 Å². The molecule has 1 aromatic carbocycles. The molecule has 0 fully saturated rings. The standard InChI is InChI=1S/C19H17FN2O3S/c1-12-10-16(22-18(23)15-6-3-9-25-15)26-17(12)19(24)21-8-7-13-4-2-5-14(20)11-13/h2-6,9-11H,7-8H2,1H3,(H,21,24)(H,22,23). The second kappa shape index (κ2) is 7.97. The molecule has 0 saturated heterocycles. The van der Waals surface area contributed by atoms with Gasteiger partial charge in [-0.25, -0.2) is 4.39 Å². The Labute approximate surface area is 153 Å². The van der Waals surface area contributed by atoms with E-state index in [4.69, 9.17) is 4.42 Å². The molecule has 0 spiro atoms. The van der Waals surface area contributed by atoms with Crippen LogP contribution >= 0.6 is 11.3 Å². The van der Waals surface area contributed by atoms with Crippen molar-refractivity contribution in [1.82, 2.24) is 5.32 Å². The van der Waals surface area contributed by atoms with Crippen molar-refractivity contribution in [2.75, 3.05) is 11.9 Å². The van der Waals surface area contributed by atoms with Crippen LogP contribution in [-0.4, -0.2) is 18.4 Å². The summed E-state index contributed by atoms with van der Waals surface area (Å²) in [5.41, 5.74) is 1.59. The highest BCUT2D eigenvalue weighted by molar-refractivity contribution is 7.18. The van der Waals surface area contributed by atoms with Gasteiger partial charge in [0.05, 0.1) is 16.1 Å². The van der Waals surface area contributed by atoms with Crippen molar-refractivity contribution in [3.63, 3.8) is 0 Å². The van der Waals surface area contributed by atoms with Crippen LogP contribution < -0.4 is 10.6 Å². The Morgan fingerprint density at radius 1 is 1.15 bits per heavy atom. The lowest BCUT2D eigenvalue weighted by atomic mass is 10.1. The van der Waals surface area contributed by atoms with E-state index in [-0.39, 0.29) is 23.4 Å². The highest BCUT2D eigenvalue weighted by atomic mass is 32.1. The van der Waals surface area contributed by atoms with E-state index in [1.165, 1.54) is 29.7 Å². The molecule has 0 saturated carbocycles. The van der Waals surface area contributed by atoms with E-state index in [2.05, 4.69) is 10.6 Å². The number of hydrogen-bond donors (Lipinski definition) is 2. The molecule has 2 amide bonds. The van der Waals surface area contributed by atoms with E-state index >= 15 is 0 Å². The summed E-state index contributed by atoms with van der Waals surface area (Å²) in [7, 11) is 0. The molecule has 0 aliphatic heterocycles. The molecule has 0 atom stereocenters. The summed E-state index contributed by atoms with van der Waals surface area (Å²) >= 11 is 1.20. The highest BCUT2D eigenvalue weighted by Crippen LogP contribution is 2.27. The number of anilines is 1. The average molecular weight is 372 g/mol. The monoisotopic (exact) mass is 372 g/mol. The lowest BCUT2D eigenvalue weighted by Gasteiger charge is -2.05. The summed E-state index contributed by atoms with van der Waals surface area (Å²) in [6.45, 7) is 2.20. The summed E-state index contributed by atoms with van der Waals surface area (Å²) in [4.78, 5) is 24.9. The van der Waals surface area contributed by atoms with Gasteiger partial charge in [-0.15, -0.1) is 11.3 Å². The van der Waals surface area contributed by atoms with Gasteiger partial charge in [-0.05, 0) is 54.8 Å². The van der Waals surface area contributed by atoms with Crippen molar-refractivity contribution < 1.29 is 18.4 Å². The van der Waals surface area contributed by atoms with Crippen LogP contribution in [0.4, 0.5) is 9.39 Å². The fraction of sp³-hybridized carbons (Fsp3) is 0.158. The minimum Gasteiger partial charge on any atom is -0.459 e. The minimum absolute atomic E-state index is 0.206. The molecular formula is C19H17FN2O3S. The molecule has 0 bridgehead atoms. The molecule has 2 aromatic heterocycles. The van der Waals surface area contributed by atoms with Gasteiger partial charge in [0.2, 0.25) is 0 Å². The molecule has 5 nitrogen and oxygen atoms in total. The molecule has 2 N–H and O–H groups in total. The summed E-state index contributed by atoms with van der Waals surface area (Å²) in [5.74, 6) is -0.672. The van der Waals surface area contributed by atoms with Crippen LogP contribution in [0.1, 0.15) is 31.4 Å². The minimum atomic E-state index is -0.366. The fourth-order valence-electron chi connectivity index (χ4n) is 2.44. The number of aryl methyl sites for hydroxylation is 1. The zero-order valence-corrected chi connectivity index (χ0v) is 14.9. The molecule has 0 aliphatic rings. The van der Waals surface area contributed by atoms with Crippen molar-refractivity contribution in [3.05, 3.63) is 76.3 Å². The second-order valence-corrected chi connectivity index (χ2v) is 6.74. The van der Waals surface area contributed by atoms with Crippen molar-refractivity contribution >= 4 is 28.2 Å². The van der Waals surface area contributed by atoms with Gasteiger partial charge in [0.1, 0.15) is 5.82 Å². The van der Waals surface area contributed by atoms with Crippen LogP contribution in [0.25, 0.3) is 0 Å². The number of nitrogens with one attached hydrogen (secondary N) is 2. The van der Waals surface area contributed by atoms with E-state index in [1.807, 2.05) is 6.07 Å². The van der Waals surface area contributed by atoms with Gasteiger partial charge in [0.15, 0.2) is 5.76 Å². The largest absolute Gasteiger partial charge is 0.459 e. The van der Waals surface area contributed by atoms with E-state index in [0.717, 1.165) is 11.1 Å². The first-order valence-corrected chi connectivity index (χ1v) is 8.82. The first-order chi connectivity index (χ1) is 12.5. The van der Waals surface area contributed by atoms with Crippen molar-refractivity contribution in [1.29, 1.82) is 0 Å². The van der Waals surface area contributed by atoms with Crippen LogP contribution in [-0.2, 0) is 6.42 Å². The summed E-state index contributed by atoms with van der Waals surface area (Å²) < 4.78 is 18.2. The molecule has 2 heterocycles. The molecule has 134 valence electrons. The number of hydrogen-bond acceptors (Lipinski definition) is 4. The predicted octanol–water partition coefficient (Wildman–Crippen LogP) is 4.01. The number of carbonyl (C=O) groups is 2. The van der Waals surface area contributed by atoms with Gasteiger partial charge in [0, 0.05) is 6.54 Å². The van der Waals surface area contributed by atoms with Crippen molar-refractivity contribution in [2.24, 2.45) is 0 Å². The zero-order chi connectivity index (χ0) is 18.5. The van der Waals surface area contributed by atoms with Crippen LogP contribution in [0, 0.1) is 12.7 Å². The first kappa shape index (κ1) is 17.9. The number of benzene rings is 1. The Hall–Kier alpha value is -2.93. The Kier molecular flexibility index (Phi) is 5.48. The third kappa shape index (κ3) is 4.37. The van der Waals surface area contributed by atoms with Gasteiger partial charge >= 0.3 is 0 Å². The molecule has 0 radical (unpaired) electrons. The number of rotatable bonds is 6. The quantitative estimate of drug-likeness (QED) is 0.687. The molecule has 26 heavy (non-hydrogen) atoms. The fourth-order valence-corrected chi connectivity index (χ4v) is 3.43. The Morgan fingerprint density at radius 3 is 2.73 bits per heavy atom. The van der Waals surface area contributed by atoms with Gasteiger partial charge in [-0.1, -0.05) is 12.1 Å². The van der Waals surface area contributed by atoms with Gasteiger partial charge in [-0.2, -0.15) is 0 Å². The Morgan fingerprint density at radius 2 is 2.00 bits per heavy atom. The lowest BCUT2D eigenvalue weighted by Crippen LogP contribution is -2.25. The molecule has 7 heteroatoms. The molecule has 0 unspecified atom stereocenters. The second-order valence-electron chi connectivity index (χ2n) is 5.69. The molecule has 3 rings (SSSR count). The maximum absolute atomic E-state index is 13.2. The van der Waals surface area contributed by atoms with E-state index in [1.54, 1.807) is 31.2 Å². The third-order valence-electron chi connectivity index (χ3n) is 3.69. The zero-order valence-electron chi connectivity index (χ0n) is 14.0. The van der Waals surface area contributed by atoms with Crippen LogP contribution in [0.5, 0.6) is 0 Å². The van der Waals surface area contributed by atoms with Gasteiger partial charge in [-0.3, -0.25) is 9.59 Å². The normalized spacial score (nSPS) is 10.5. The average Bonchev–Trinajstić information content (AvgIpc) is 3.25. The van der Waals surface area contributed by atoms with Crippen LogP contribution in [0.2, 0.25) is 0 Å². The lowest BCUT2D eigenvalue weighted by molar-refractivity contribution is 0.0956. The molecule has 3 aromatic rings. The smallest absolute Gasteiger partial charge is 0.291 e. The number of thiophene rings is 1.